The van der Waals surface area contributed by atoms with E-state index in [1.807, 2.05) is 0 Å². The summed E-state index contributed by atoms with van der Waals surface area (Å²) in [6.45, 7) is 0. The van der Waals surface area contributed by atoms with Crippen molar-refractivity contribution in [1.82, 2.24) is 4.57 Å². The molecule has 1 aromatic heterocycles. The molecule has 0 fully saturated rings. The third kappa shape index (κ3) is 1.94. The van der Waals surface area contributed by atoms with Crippen LogP contribution in [0.4, 0.5) is 0 Å². The number of aldehydes is 1. The maximum absolute atomic E-state index is 11.2. The van der Waals surface area contributed by atoms with Gasteiger partial charge in [0.15, 0.2) is 6.29 Å². The topological polar surface area (TPSA) is 59.3 Å². The van der Waals surface area contributed by atoms with Crippen LogP contribution in [0.2, 0.25) is 5.02 Å². The van der Waals surface area contributed by atoms with Crippen molar-refractivity contribution < 1.29 is 14.7 Å². The van der Waals surface area contributed by atoms with Gasteiger partial charge in [0.25, 0.3) is 0 Å². The van der Waals surface area contributed by atoms with Gasteiger partial charge >= 0.3 is 5.97 Å². The molecule has 0 saturated carbocycles. The van der Waals surface area contributed by atoms with Crippen molar-refractivity contribution in [3.63, 3.8) is 0 Å². The number of aromatic nitrogens is 1. The van der Waals surface area contributed by atoms with Crippen LogP contribution in [0.3, 0.4) is 0 Å². The molecule has 17 heavy (non-hydrogen) atoms. The summed E-state index contributed by atoms with van der Waals surface area (Å²) in [6.07, 6.45) is 2.27. The quantitative estimate of drug-likeness (QED) is 0.851. The summed E-state index contributed by atoms with van der Waals surface area (Å²) in [5.41, 5.74) is 0.723. The van der Waals surface area contributed by atoms with E-state index in [1.165, 1.54) is 10.6 Å². The van der Waals surface area contributed by atoms with Gasteiger partial charge in [0.1, 0.15) is 5.56 Å². The van der Waals surface area contributed by atoms with Crippen LogP contribution in [0.1, 0.15) is 20.8 Å². The van der Waals surface area contributed by atoms with E-state index in [0.717, 1.165) is 0 Å². The average molecular weight is 250 g/mol. The summed E-state index contributed by atoms with van der Waals surface area (Å²) in [4.78, 5) is 22.0. The Kier molecular flexibility index (Phi) is 2.97. The van der Waals surface area contributed by atoms with Crippen LogP contribution in [-0.2, 0) is 0 Å². The molecule has 0 atom stereocenters. The lowest BCUT2D eigenvalue weighted by atomic mass is 10.1. The van der Waals surface area contributed by atoms with E-state index in [9.17, 15) is 9.59 Å². The van der Waals surface area contributed by atoms with E-state index in [1.54, 1.807) is 30.5 Å². The fraction of sp³-hybridized carbons (Fsp3) is 0. The fourth-order valence-corrected chi connectivity index (χ4v) is 1.89. The highest BCUT2D eigenvalue weighted by atomic mass is 35.5. The van der Waals surface area contributed by atoms with Crippen molar-refractivity contribution in [2.45, 2.75) is 0 Å². The summed E-state index contributed by atoms with van der Waals surface area (Å²) >= 11 is 5.85. The standard InChI is InChI=1S/C12H8ClNO3/c13-9-4-1-5-10(11(9)12(16)17)14-6-2-3-8(14)7-15/h1-7H,(H,16,17). The minimum absolute atomic E-state index is 0.0199. The van der Waals surface area contributed by atoms with E-state index in [0.29, 0.717) is 17.7 Å². The zero-order valence-corrected chi connectivity index (χ0v) is 9.39. The first-order valence-corrected chi connectivity index (χ1v) is 5.17. The van der Waals surface area contributed by atoms with E-state index >= 15 is 0 Å². The summed E-state index contributed by atoms with van der Waals surface area (Å²) in [7, 11) is 0. The summed E-state index contributed by atoms with van der Waals surface area (Å²) in [5.74, 6) is -1.13. The molecule has 0 spiro atoms. The molecule has 0 bridgehead atoms. The zero-order chi connectivity index (χ0) is 12.4. The van der Waals surface area contributed by atoms with Crippen LogP contribution in [0, 0.1) is 0 Å². The van der Waals surface area contributed by atoms with Crippen LogP contribution in [-0.4, -0.2) is 21.9 Å². The second-order valence-corrected chi connectivity index (χ2v) is 3.77. The Morgan fingerprint density at radius 1 is 1.29 bits per heavy atom. The van der Waals surface area contributed by atoms with Gasteiger partial charge < -0.3 is 9.67 Å². The summed E-state index contributed by atoms with van der Waals surface area (Å²) in [6, 6.07) is 8.00. The minimum Gasteiger partial charge on any atom is -0.478 e. The van der Waals surface area contributed by atoms with Gasteiger partial charge in [-0.3, -0.25) is 4.79 Å². The maximum Gasteiger partial charge on any atom is 0.339 e. The molecule has 1 aromatic carbocycles. The van der Waals surface area contributed by atoms with E-state index in [4.69, 9.17) is 16.7 Å². The fourth-order valence-electron chi connectivity index (χ4n) is 1.63. The first-order valence-electron chi connectivity index (χ1n) is 4.80. The van der Waals surface area contributed by atoms with Crippen LogP contribution < -0.4 is 0 Å². The SMILES string of the molecule is O=Cc1cccn1-c1cccc(Cl)c1C(=O)O. The highest BCUT2D eigenvalue weighted by Gasteiger charge is 2.16. The number of hydrogen-bond acceptors (Lipinski definition) is 2. The Hall–Kier alpha value is -2.07. The highest BCUT2D eigenvalue weighted by Crippen LogP contribution is 2.24. The number of nitrogens with zero attached hydrogens (tertiary/aromatic N) is 1. The third-order valence-electron chi connectivity index (χ3n) is 2.37. The molecule has 0 amide bonds. The molecular weight excluding hydrogens is 242 g/mol. The molecule has 0 saturated heterocycles. The first kappa shape index (κ1) is 11.4. The molecule has 2 aromatic rings. The molecule has 4 nitrogen and oxygen atoms in total. The number of benzene rings is 1. The average Bonchev–Trinajstić information content (AvgIpc) is 2.75. The highest BCUT2D eigenvalue weighted by molar-refractivity contribution is 6.34. The normalized spacial score (nSPS) is 10.2. The Balaban J connectivity index is 2.71. The number of carboxylic acids is 1. The lowest BCUT2D eigenvalue weighted by Gasteiger charge is -2.10. The Morgan fingerprint density at radius 2 is 2.06 bits per heavy atom. The van der Waals surface area contributed by atoms with Gasteiger partial charge in [0, 0.05) is 6.20 Å². The smallest absolute Gasteiger partial charge is 0.339 e. The minimum atomic E-state index is -1.13. The molecule has 0 aliphatic carbocycles. The molecule has 1 heterocycles. The molecule has 2 rings (SSSR count). The molecule has 86 valence electrons. The Morgan fingerprint density at radius 3 is 2.71 bits per heavy atom. The monoisotopic (exact) mass is 249 g/mol. The van der Waals surface area contributed by atoms with Gasteiger partial charge in [-0.15, -0.1) is 0 Å². The summed E-state index contributed by atoms with van der Waals surface area (Å²) in [5, 5.41) is 9.26. The first-order chi connectivity index (χ1) is 8.15. The molecule has 0 radical (unpaired) electrons. The lowest BCUT2D eigenvalue weighted by Crippen LogP contribution is -2.07. The second-order valence-electron chi connectivity index (χ2n) is 3.36. The predicted molar refractivity (Wildman–Crippen MR) is 63.1 cm³/mol. The van der Waals surface area contributed by atoms with Crippen molar-refractivity contribution in [3.8, 4) is 5.69 Å². The number of carbonyl (C=O) groups excluding carboxylic acids is 1. The van der Waals surface area contributed by atoms with Crippen LogP contribution in [0.5, 0.6) is 0 Å². The number of aromatic carboxylic acids is 1. The van der Waals surface area contributed by atoms with E-state index in [-0.39, 0.29) is 10.6 Å². The van der Waals surface area contributed by atoms with E-state index < -0.39 is 5.97 Å². The molecule has 0 aliphatic heterocycles. The maximum atomic E-state index is 11.2. The Labute approximate surface area is 102 Å². The van der Waals surface area contributed by atoms with Crippen molar-refractivity contribution in [1.29, 1.82) is 0 Å². The number of carboxylic acid groups (broad SMARTS) is 1. The van der Waals surface area contributed by atoms with E-state index in [2.05, 4.69) is 0 Å². The zero-order valence-electron chi connectivity index (χ0n) is 8.63. The predicted octanol–water partition coefficient (Wildman–Crippen LogP) is 2.64. The van der Waals surface area contributed by atoms with Crippen LogP contribution in [0.25, 0.3) is 5.69 Å². The van der Waals surface area contributed by atoms with Gasteiger partial charge in [-0.2, -0.15) is 0 Å². The van der Waals surface area contributed by atoms with Crippen LogP contribution in [0.15, 0.2) is 36.5 Å². The number of halogens is 1. The van der Waals surface area contributed by atoms with Crippen molar-refractivity contribution in [2.75, 3.05) is 0 Å². The number of rotatable bonds is 3. The molecule has 0 aliphatic rings. The number of carbonyl (C=O) groups is 2. The van der Waals surface area contributed by atoms with Crippen LogP contribution >= 0.6 is 11.6 Å². The van der Waals surface area contributed by atoms with Gasteiger partial charge in [-0.25, -0.2) is 4.79 Å². The van der Waals surface area contributed by atoms with Gasteiger partial charge in [-0.05, 0) is 24.3 Å². The van der Waals surface area contributed by atoms with Gasteiger partial charge in [-0.1, -0.05) is 17.7 Å². The molecule has 1 N–H and O–H groups in total. The lowest BCUT2D eigenvalue weighted by molar-refractivity contribution is 0.0696. The molecule has 0 unspecified atom stereocenters. The molecule has 5 heteroatoms. The third-order valence-corrected chi connectivity index (χ3v) is 2.68. The largest absolute Gasteiger partial charge is 0.478 e. The molecular formula is C12H8ClNO3. The van der Waals surface area contributed by atoms with Crippen molar-refractivity contribution in [3.05, 3.63) is 52.8 Å². The van der Waals surface area contributed by atoms with Gasteiger partial charge in [0.05, 0.1) is 16.4 Å². The Bertz CT molecular complexity index is 589. The second kappa shape index (κ2) is 4.43. The summed E-state index contributed by atoms with van der Waals surface area (Å²) < 4.78 is 1.49. The van der Waals surface area contributed by atoms with Gasteiger partial charge in [0.2, 0.25) is 0 Å². The number of hydrogen-bond donors (Lipinski definition) is 1. The van der Waals surface area contributed by atoms with Crippen molar-refractivity contribution >= 4 is 23.9 Å². The van der Waals surface area contributed by atoms with Crippen molar-refractivity contribution in [2.24, 2.45) is 0 Å².